The lowest BCUT2D eigenvalue weighted by Gasteiger charge is -2.14. The van der Waals surface area contributed by atoms with Gasteiger partial charge < -0.3 is 9.30 Å². The van der Waals surface area contributed by atoms with Crippen molar-refractivity contribution in [1.82, 2.24) is 9.55 Å². The molecule has 0 N–H and O–H groups in total. The standard InChI is InChI=1S/C25H26N2O/c1-16-6-7-17(2)21(14-16)15-27-19(4)18(3)23-12-13-26-24(25(23)27)20-8-10-22(28-5)11-9-20/h6-14H,15H2,1-5H3. The van der Waals surface area contributed by atoms with Gasteiger partial charge in [0.15, 0.2) is 0 Å². The van der Waals surface area contributed by atoms with Crippen LogP contribution in [0.3, 0.4) is 0 Å². The normalized spacial score (nSPS) is 11.2. The Morgan fingerprint density at radius 2 is 1.68 bits per heavy atom. The number of benzene rings is 2. The molecule has 3 heteroatoms. The third-order valence-corrected chi connectivity index (χ3v) is 5.74. The molecule has 2 heterocycles. The lowest BCUT2D eigenvalue weighted by Crippen LogP contribution is -2.05. The molecule has 28 heavy (non-hydrogen) atoms. The zero-order valence-electron chi connectivity index (χ0n) is 17.2. The Morgan fingerprint density at radius 3 is 2.39 bits per heavy atom. The molecule has 4 rings (SSSR count). The lowest BCUT2D eigenvalue weighted by molar-refractivity contribution is 0.415. The minimum atomic E-state index is 0.846. The van der Waals surface area contributed by atoms with Crippen molar-refractivity contribution >= 4 is 10.9 Å². The number of nitrogens with zero attached hydrogens (tertiary/aromatic N) is 2. The fourth-order valence-electron chi connectivity index (χ4n) is 3.89. The van der Waals surface area contributed by atoms with Crippen molar-refractivity contribution in [2.45, 2.75) is 34.2 Å². The maximum absolute atomic E-state index is 5.32. The summed E-state index contributed by atoms with van der Waals surface area (Å²) in [6.45, 7) is 9.59. The first-order valence-corrected chi connectivity index (χ1v) is 9.64. The van der Waals surface area contributed by atoms with E-state index >= 15 is 0 Å². The van der Waals surface area contributed by atoms with E-state index in [1.165, 1.54) is 38.9 Å². The van der Waals surface area contributed by atoms with E-state index in [1.54, 1.807) is 7.11 Å². The second kappa shape index (κ2) is 7.16. The van der Waals surface area contributed by atoms with E-state index in [-0.39, 0.29) is 0 Å². The number of rotatable bonds is 4. The molecule has 0 fully saturated rings. The molecule has 0 spiro atoms. The molecular weight excluding hydrogens is 344 g/mol. The molecule has 0 atom stereocenters. The second-order valence-corrected chi connectivity index (χ2v) is 7.51. The summed E-state index contributed by atoms with van der Waals surface area (Å²) in [6.07, 6.45) is 1.91. The van der Waals surface area contributed by atoms with E-state index in [1.807, 2.05) is 18.3 Å². The molecule has 2 aromatic heterocycles. The average molecular weight is 370 g/mol. The summed E-state index contributed by atoms with van der Waals surface area (Å²) in [5.41, 5.74) is 9.89. The van der Waals surface area contributed by atoms with Crippen molar-refractivity contribution in [3.05, 3.63) is 82.7 Å². The van der Waals surface area contributed by atoms with Gasteiger partial charge in [0, 0.05) is 29.4 Å². The van der Waals surface area contributed by atoms with Crippen LogP contribution in [-0.4, -0.2) is 16.7 Å². The van der Waals surface area contributed by atoms with Gasteiger partial charge in [-0.25, -0.2) is 0 Å². The molecule has 142 valence electrons. The number of pyridine rings is 1. The predicted molar refractivity (Wildman–Crippen MR) is 116 cm³/mol. The van der Waals surface area contributed by atoms with Crippen LogP contribution in [0.25, 0.3) is 22.2 Å². The number of aryl methyl sites for hydroxylation is 3. The van der Waals surface area contributed by atoms with Crippen molar-refractivity contribution in [3.8, 4) is 17.0 Å². The summed E-state index contributed by atoms with van der Waals surface area (Å²) >= 11 is 0. The highest BCUT2D eigenvalue weighted by Gasteiger charge is 2.17. The van der Waals surface area contributed by atoms with Gasteiger partial charge in [-0.2, -0.15) is 0 Å². The number of ether oxygens (including phenoxy) is 1. The first-order valence-electron chi connectivity index (χ1n) is 9.64. The van der Waals surface area contributed by atoms with Crippen LogP contribution in [-0.2, 0) is 6.54 Å². The zero-order valence-corrected chi connectivity index (χ0v) is 17.2. The highest BCUT2D eigenvalue weighted by molar-refractivity contribution is 5.95. The predicted octanol–water partition coefficient (Wildman–Crippen LogP) is 5.99. The van der Waals surface area contributed by atoms with Crippen molar-refractivity contribution in [2.75, 3.05) is 7.11 Å². The number of aromatic nitrogens is 2. The highest BCUT2D eigenvalue weighted by atomic mass is 16.5. The molecule has 0 unspecified atom stereocenters. The summed E-state index contributed by atoms with van der Waals surface area (Å²) in [5, 5.41) is 1.27. The first-order chi connectivity index (χ1) is 13.5. The summed E-state index contributed by atoms with van der Waals surface area (Å²) in [7, 11) is 1.69. The molecule has 0 saturated carbocycles. The second-order valence-electron chi connectivity index (χ2n) is 7.51. The van der Waals surface area contributed by atoms with E-state index in [0.29, 0.717) is 0 Å². The zero-order chi connectivity index (χ0) is 19.8. The van der Waals surface area contributed by atoms with E-state index in [2.05, 4.69) is 68.7 Å². The Labute approximate surface area is 166 Å². The van der Waals surface area contributed by atoms with Gasteiger partial charge in [0.2, 0.25) is 0 Å². The van der Waals surface area contributed by atoms with Gasteiger partial charge in [0.1, 0.15) is 5.75 Å². The summed E-state index contributed by atoms with van der Waals surface area (Å²) < 4.78 is 7.73. The SMILES string of the molecule is COc1ccc(-c2nccc3c(C)c(C)n(Cc4cc(C)ccc4C)c23)cc1. The quantitative estimate of drug-likeness (QED) is 0.441. The molecule has 0 radical (unpaired) electrons. The third-order valence-electron chi connectivity index (χ3n) is 5.74. The monoisotopic (exact) mass is 370 g/mol. The van der Waals surface area contributed by atoms with Crippen LogP contribution in [0, 0.1) is 27.7 Å². The van der Waals surface area contributed by atoms with Crippen LogP contribution in [0.2, 0.25) is 0 Å². The van der Waals surface area contributed by atoms with Crippen LogP contribution < -0.4 is 4.74 Å². The number of hydrogen-bond donors (Lipinski definition) is 0. The van der Waals surface area contributed by atoms with Crippen LogP contribution >= 0.6 is 0 Å². The van der Waals surface area contributed by atoms with Gasteiger partial charge in [-0.05, 0) is 74.7 Å². The summed E-state index contributed by atoms with van der Waals surface area (Å²) in [6, 6.07) is 17.0. The molecule has 3 nitrogen and oxygen atoms in total. The molecule has 0 amide bonds. The molecule has 0 bridgehead atoms. The molecule has 2 aromatic carbocycles. The Balaban J connectivity index is 1.93. The van der Waals surface area contributed by atoms with Crippen LogP contribution in [0.15, 0.2) is 54.7 Å². The Morgan fingerprint density at radius 1 is 0.929 bits per heavy atom. The van der Waals surface area contributed by atoms with Crippen molar-refractivity contribution in [2.24, 2.45) is 0 Å². The van der Waals surface area contributed by atoms with E-state index in [9.17, 15) is 0 Å². The first kappa shape index (κ1) is 18.3. The number of methoxy groups -OCH3 is 1. The fraction of sp³-hybridized carbons (Fsp3) is 0.240. The van der Waals surface area contributed by atoms with Crippen molar-refractivity contribution < 1.29 is 4.74 Å². The summed E-state index contributed by atoms with van der Waals surface area (Å²) in [4.78, 5) is 4.77. The molecule has 0 saturated heterocycles. The smallest absolute Gasteiger partial charge is 0.118 e. The van der Waals surface area contributed by atoms with Gasteiger partial charge >= 0.3 is 0 Å². The Kier molecular flexibility index (Phi) is 4.68. The van der Waals surface area contributed by atoms with Gasteiger partial charge in [0.05, 0.1) is 18.3 Å². The number of fused-ring (bicyclic) bond motifs is 1. The van der Waals surface area contributed by atoms with Gasteiger partial charge in [-0.1, -0.05) is 23.8 Å². The Bertz CT molecular complexity index is 1150. The van der Waals surface area contributed by atoms with Crippen LogP contribution in [0.1, 0.15) is 27.9 Å². The van der Waals surface area contributed by atoms with Gasteiger partial charge in [-0.15, -0.1) is 0 Å². The maximum Gasteiger partial charge on any atom is 0.118 e. The summed E-state index contributed by atoms with van der Waals surface area (Å²) in [5.74, 6) is 0.856. The van der Waals surface area contributed by atoms with E-state index in [4.69, 9.17) is 9.72 Å². The highest BCUT2D eigenvalue weighted by Crippen LogP contribution is 2.33. The Hall–Kier alpha value is -3.07. The fourth-order valence-corrected chi connectivity index (χ4v) is 3.89. The molecule has 0 aliphatic heterocycles. The van der Waals surface area contributed by atoms with Crippen LogP contribution in [0.5, 0.6) is 5.75 Å². The largest absolute Gasteiger partial charge is 0.497 e. The molecule has 0 aliphatic carbocycles. The van der Waals surface area contributed by atoms with E-state index in [0.717, 1.165) is 23.6 Å². The molecule has 0 aliphatic rings. The maximum atomic E-state index is 5.32. The van der Waals surface area contributed by atoms with Crippen LogP contribution in [0.4, 0.5) is 0 Å². The van der Waals surface area contributed by atoms with Crippen molar-refractivity contribution in [3.63, 3.8) is 0 Å². The molecular formula is C25H26N2O. The average Bonchev–Trinajstić information content (AvgIpc) is 2.96. The minimum absolute atomic E-state index is 0.846. The topological polar surface area (TPSA) is 27.1 Å². The van der Waals surface area contributed by atoms with Gasteiger partial charge in [0.25, 0.3) is 0 Å². The lowest BCUT2D eigenvalue weighted by atomic mass is 10.1. The third kappa shape index (κ3) is 3.07. The van der Waals surface area contributed by atoms with Gasteiger partial charge in [-0.3, -0.25) is 4.98 Å². The van der Waals surface area contributed by atoms with Crippen molar-refractivity contribution in [1.29, 1.82) is 0 Å². The van der Waals surface area contributed by atoms with E-state index < -0.39 is 0 Å². The number of hydrogen-bond acceptors (Lipinski definition) is 2. The molecule has 4 aromatic rings. The minimum Gasteiger partial charge on any atom is -0.497 e.